The first-order valence-electron chi connectivity index (χ1n) is 10.4. The second-order valence-electron chi connectivity index (χ2n) is 7.18. The molecule has 0 aliphatic heterocycles. The lowest BCUT2D eigenvalue weighted by atomic mass is 10.1. The first-order chi connectivity index (χ1) is 16.0. The van der Waals surface area contributed by atoms with Gasteiger partial charge in [0.25, 0.3) is 0 Å². The van der Waals surface area contributed by atoms with Crippen LogP contribution in [0.5, 0.6) is 17.2 Å². The lowest BCUT2D eigenvalue weighted by molar-refractivity contribution is -0.111. The number of rotatable bonds is 9. The Bertz CT molecular complexity index is 1140. The zero-order valence-electron chi connectivity index (χ0n) is 19.4. The van der Waals surface area contributed by atoms with E-state index in [2.05, 4.69) is 20.6 Å². The van der Waals surface area contributed by atoms with Crippen LogP contribution in [0.2, 0.25) is 0 Å². The van der Waals surface area contributed by atoms with Gasteiger partial charge in [0.2, 0.25) is 11.7 Å². The van der Waals surface area contributed by atoms with Gasteiger partial charge in [-0.1, -0.05) is 13.0 Å². The number of anilines is 3. The maximum Gasteiger partial charge on any atom is 0.248 e. The second kappa shape index (κ2) is 11.0. The summed E-state index contributed by atoms with van der Waals surface area (Å²) in [4.78, 5) is 21.0. The number of amides is 1. The number of hydrogen-bond acceptors (Lipinski definition) is 7. The van der Waals surface area contributed by atoms with Crippen LogP contribution in [0.4, 0.5) is 17.2 Å². The number of aromatic nitrogens is 2. The van der Waals surface area contributed by atoms with Crippen LogP contribution in [-0.2, 0) is 11.2 Å². The van der Waals surface area contributed by atoms with Gasteiger partial charge in [0.1, 0.15) is 12.1 Å². The molecule has 2 aromatic carbocycles. The van der Waals surface area contributed by atoms with Crippen molar-refractivity contribution >= 4 is 29.2 Å². The number of aryl methyl sites for hydroxylation is 2. The fourth-order valence-corrected chi connectivity index (χ4v) is 3.29. The molecule has 3 aromatic rings. The number of hydrogen-bond donors (Lipinski definition) is 2. The van der Waals surface area contributed by atoms with Gasteiger partial charge in [0.05, 0.1) is 21.3 Å². The largest absolute Gasteiger partial charge is 0.493 e. The lowest BCUT2D eigenvalue weighted by Gasteiger charge is -2.13. The minimum absolute atomic E-state index is 0.256. The van der Waals surface area contributed by atoms with Crippen molar-refractivity contribution < 1.29 is 19.0 Å². The standard InChI is InChI=1S/C25H28N4O4/c1-6-18-8-9-19(28-23-11-16(2)26-15-27-23)14-20(18)29-24(30)10-7-17-12-21(31-3)25(33-5)22(13-17)32-4/h7-15H,6H2,1-5H3,(H,29,30)(H,26,27,28)/b10-7+. The third-order valence-corrected chi connectivity index (χ3v) is 4.94. The molecule has 1 amide bonds. The molecule has 1 aromatic heterocycles. The fourth-order valence-electron chi connectivity index (χ4n) is 3.29. The van der Waals surface area contributed by atoms with Crippen LogP contribution >= 0.6 is 0 Å². The Morgan fingerprint density at radius 2 is 1.73 bits per heavy atom. The van der Waals surface area contributed by atoms with E-state index in [4.69, 9.17) is 14.2 Å². The molecule has 0 radical (unpaired) electrons. The predicted molar refractivity (Wildman–Crippen MR) is 130 cm³/mol. The van der Waals surface area contributed by atoms with Crippen molar-refractivity contribution in [3.05, 3.63) is 65.6 Å². The molecule has 0 saturated carbocycles. The number of ether oxygens (including phenoxy) is 3. The van der Waals surface area contributed by atoms with E-state index in [9.17, 15) is 4.79 Å². The highest BCUT2D eigenvalue weighted by Gasteiger charge is 2.12. The van der Waals surface area contributed by atoms with E-state index in [1.807, 2.05) is 38.1 Å². The van der Waals surface area contributed by atoms with Crippen LogP contribution in [0, 0.1) is 6.92 Å². The minimum Gasteiger partial charge on any atom is -0.493 e. The number of nitrogens with one attached hydrogen (secondary N) is 2. The summed E-state index contributed by atoms with van der Waals surface area (Å²) in [5.74, 6) is 1.96. The number of methoxy groups -OCH3 is 3. The molecule has 0 aliphatic rings. The summed E-state index contributed by atoms with van der Waals surface area (Å²) in [7, 11) is 4.64. The van der Waals surface area contributed by atoms with Gasteiger partial charge < -0.3 is 24.8 Å². The zero-order valence-corrected chi connectivity index (χ0v) is 19.4. The van der Waals surface area contributed by atoms with Crippen LogP contribution in [-0.4, -0.2) is 37.2 Å². The average molecular weight is 449 g/mol. The van der Waals surface area contributed by atoms with Crippen molar-refractivity contribution in [2.75, 3.05) is 32.0 Å². The van der Waals surface area contributed by atoms with Gasteiger partial charge in [-0.2, -0.15) is 0 Å². The summed E-state index contributed by atoms with van der Waals surface area (Å²) in [5.41, 5.74) is 4.17. The van der Waals surface area contributed by atoms with Crippen molar-refractivity contribution in [3.63, 3.8) is 0 Å². The van der Waals surface area contributed by atoms with E-state index in [0.29, 0.717) is 23.1 Å². The average Bonchev–Trinajstić information content (AvgIpc) is 2.82. The normalized spacial score (nSPS) is 10.7. The van der Waals surface area contributed by atoms with Gasteiger partial charge in [0, 0.05) is 29.2 Å². The van der Waals surface area contributed by atoms with Gasteiger partial charge in [-0.15, -0.1) is 0 Å². The van der Waals surface area contributed by atoms with Crippen LogP contribution in [0.15, 0.2) is 48.8 Å². The Balaban J connectivity index is 1.78. The summed E-state index contributed by atoms with van der Waals surface area (Å²) in [6.45, 7) is 3.94. The molecule has 1 heterocycles. The molecule has 0 spiro atoms. The van der Waals surface area contributed by atoms with Crippen molar-refractivity contribution in [3.8, 4) is 17.2 Å². The molecule has 0 saturated heterocycles. The minimum atomic E-state index is -0.256. The summed E-state index contributed by atoms with van der Waals surface area (Å²) in [6.07, 6.45) is 5.44. The molecule has 0 aliphatic carbocycles. The first kappa shape index (κ1) is 23.6. The van der Waals surface area contributed by atoms with Gasteiger partial charge in [-0.05, 0) is 54.8 Å². The highest BCUT2D eigenvalue weighted by molar-refractivity contribution is 6.02. The molecular formula is C25H28N4O4. The van der Waals surface area contributed by atoms with Crippen LogP contribution in [0.3, 0.4) is 0 Å². The number of carbonyl (C=O) groups is 1. The zero-order chi connectivity index (χ0) is 23.8. The lowest BCUT2D eigenvalue weighted by Crippen LogP contribution is -2.10. The number of carbonyl (C=O) groups excluding carboxylic acids is 1. The topological polar surface area (TPSA) is 94.6 Å². The second-order valence-corrected chi connectivity index (χ2v) is 7.18. The summed E-state index contributed by atoms with van der Waals surface area (Å²) < 4.78 is 16.1. The SMILES string of the molecule is CCc1ccc(Nc2cc(C)ncn2)cc1NC(=O)/C=C/c1cc(OC)c(OC)c(OC)c1. The van der Waals surface area contributed by atoms with Crippen LogP contribution in [0.25, 0.3) is 6.08 Å². The Kier molecular flexibility index (Phi) is 7.86. The van der Waals surface area contributed by atoms with E-state index in [1.165, 1.54) is 12.4 Å². The molecule has 0 fully saturated rings. The molecular weight excluding hydrogens is 420 g/mol. The Morgan fingerprint density at radius 3 is 2.33 bits per heavy atom. The van der Waals surface area contributed by atoms with E-state index < -0.39 is 0 Å². The maximum absolute atomic E-state index is 12.7. The predicted octanol–water partition coefficient (Wildman–Crippen LogP) is 4.77. The maximum atomic E-state index is 12.7. The molecule has 0 atom stereocenters. The fraction of sp³-hybridized carbons (Fsp3) is 0.240. The van der Waals surface area contributed by atoms with Gasteiger partial charge in [-0.3, -0.25) is 4.79 Å². The monoisotopic (exact) mass is 448 g/mol. The van der Waals surface area contributed by atoms with Crippen molar-refractivity contribution in [2.24, 2.45) is 0 Å². The van der Waals surface area contributed by atoms with E-state index in [1.54, 1.807) is 39.5 Å². The van der Waals surface area contributed by atoms with E-state index >= 15 is 0 Å². The highest BCUT2D eigenvalue weighted by atomic mass is 16.5. The molecule has 2 N–H and O–H groups in total. The molecule has 0 unspecified atom stereocenters. The molecule has 33 heavy (non-hydrogen) atoms. The smallest absolute Gasteiger partial charge is 0.248 e. The van der Waals surface area contributed by atoms with Crippen LogP contribution in [0.1, 0.15) is 23.7 Å². The quantitative estimate of drug-likeness (QED) is 0.455. The van der Waals surface area contributed by atoms with Crippen molar-refractivity contribution in [2.45, 2.75) is 20.3 Å². The third-order valence-electron chi connectivity index (χ3n) is 4.94. The third kappa shape index (κ3) is 6.00. The summed E-state index contributed by atoms with van der Waals surface area (Å²) in [5, 5.41) is 6.21. The Morgan fingerprint density at radius 1 is 1.00 bits per heavy atom. The molecule has 3 rings (SSSR count). The van der Waals surface area contributed by atoms with Crippen molar-refractivity contribution in [1.29, 1.82) is 0 Å². The first-order valence-corrected chi connectivity index (χ1v) is 10.4. The molecule has 8 nitrogen and oxygen atoms in total. The molecule has 8 heteroatoms. The van der Waals surface area contributed by atoms with E-state index in [0.717, 1.165) is 34.6 Å². The van der Waals surface area contributed by atoms with Crippen molar-refractivity contribution in [1.82, 2.24) is 9.97 Å². The number of nitrogens with zero attached hydrogens (tertiary/aromatic N) is 2. The van der Waals surface area contributed by atoms with E-state index in [-0.39, 0.29) is 5.91 Å². The van der Waals surface area contributed by atoms with Gasteiger partial charge >= 0.3 is 0 Å². The Hall–Kier alpha value is -4.07. The number of benzene rings is 2. The molecule has 0 bridgehead atoms. The van der Waals surface area contributed by atoms with Crippen LogP contribution < -0.4 is 24.8 Å². The summed E-state index contributed by atoms with van der Waals surface area (Å²) >= 11 is 0. The summed E-state index contributed by atoms with van der Waals surface area (Å²) in [6, 6.07) is 11.2. The highest BCUT2D eigenvalue weighted by Crippen LogP contribution is 2.38. The van der Waals surface area contributed by atoms with Gasteiger partial charge in [0.15, 0.2) is 11.5 Å². The molecule has 172 valence electrons. The van der Waals surface area contributed by atoms with Gasteiger partial charge in [-0.25, -0.2) is 9.97 Å². The Labute approximate surface area is 193 Å².